The van der Waals surface area contributed by atoms with Crippen molar-refractivity contribution < 1.29 is 20.5 Å². The van der Waals surface area contributed by atoms with Crippen LogP contribution in [0.4, 0.5) is 14.9 Å². The van der Waals surface area contributed by atoms with Crippen molar-refractivity contribution in [1.29, 1.82) is 0 Å². The SMILES string of the molecule is Cn1ccc(CS(=O)(=O)c2ccc(NC(=O)NCCc3cccnc3)cc2C#Cc2ccc(F)cc2)n1.[HH].[HH]. The number of rotatable bonds is 7. The first-order chi connectivity index (χ1) is 17.8. The number of hydrogen-bond donors (Lipinski definition) is 2. The fourth-order valence-electron chi connectivity index (χ4n) is 3.50. The molecular formula is C27H28FN5O3S. The van der Waals surface area contributed by atoms with Gasteiger partial charge in [0.2, 0.25) is 0 Å². The van der Waals surface area contributed by atoms with Crippen LogP contribution in [-0.2, 0) is 29.1 Å². The minimum Gasteiger partial charge on any atom is -0.338 e. The minimum absolute atomic E-state index is 0. The van der Waals surface area contributed by atoms with Gasteiger partial charge in [-0.2, -0.15) is 5.10 Å². The Kier molecular flexibility index (Phi) is 7.95. The lowest BCUT2D eigenvalue weighted by Crippen LogP contribution is -2.30. The van der Waals surface area contributed by atoms with Crippen molar-refractivity contribution in [3.8, 4) is 11.8 Å². The number of hydrogen-bond acceptors (Lipinski definition) is 5. The van der Waals surface area contributed by atoms with Crippen LogP contribution in [0, 0.1) is 17.7 Å². The topological polar surface area (TPSA) is 106 Å². The Morgan fingerprint density at radius 2 is 1.92 bits per heavy atom. The van der Waals surface area contributed by atoms with Crippen LogP contribution in [-0.4, -0.2) is 35.8 Å². The molecule has 0 fully saturated rings. The lowest BCUT2D eigenvalue weighted by atomic mass is 10.1. The van der Waals surface area contributed by atoms with Crippen molar-refractivity contribution >= 4 is 21.6 Å². The van der Waals surface area contributed by atoms with Gasteiger partial charge in [0.25, 0.3) is 0 Å². The molecule has 0 spiro atoms. The van der Waals surface area contributed by atoms with E-state index in [-0.39, 0.29) is 19.1 Å². The normalized spacial score (nSPS) is 10.9. The van der Waals surface area contributed by atoms with Crippen molar-refractivity contribution in [2.24, 2.45) is 7.05 Å². The number of nitrogens with one attached hydrogen (secondary N) is 2. The van der Waals surface area contributed by atoms with Crippen molar-refractivity contribution in [1.82, 2.24) is 20.1 Å². The van der Waals surface area contributed by atoms with E-state index >= 15 is 0 Å². The predicted octanol–water partition coefficient (Wildman–Crippen LogP) is 4.18. The Bertz CT molecular complexity index is 1570. The van der Waals surface area contributed by atoms with E-state index in [0.29, 0.717) is 29.9 Å². The predicted molar refractivity (Wildman–Crippen MR) is 142 cm³/mol. The lowest BCUT2D eigenvalue weighted by molar-refractivity contribution is 0.252. The van der Waals surface area contributed by atoms with Gasteiger partial charge in [-0.15, -0.1) is 0 Å². The summed E-state index contributed by atoms with van der Waals surface area (Å²) in [5.74, 6) is 5.03. The molecule has 8 nitrogen and oxygen atoms in total. The van der Waals surface area contributed by atoms with E-state index in [4.69, 9.17) is 0 Å². The van der Waals surface area contributed by atoms with Gasteiger partial charge in [0.15, 0.2) is 9.84 Å². The molecule has 37 heavy (non-hydrogen) atoms. The summed E-state index contributed by atoms with van der Waals surface area (Å²) in [5, 5.41) is 9.63. The monoisotopic (exact) mass is 521 g/mol. The number of nitrogens with zero attached hydrogens (tertiary/aromatic N) is 3. The van der Waals surface area contributed by atoms with Gasteiger partial charge < -0.3 is 10.6 Å². The van der Waals surface area contributed by atoms with Crippen molar-refractivity contribution in [3.05, 3.63) is 107 Å². The van der Waals surface area contributed by atoms with Crippen molar-refractivity contribution in [3.63, 3.8) is 0 Å². The summed E-state index contributed by atoms with van der Waals surface area (Å²) in [5.41, 5.74) is 2.48. The first-order valence-electron chi connectivity index (χ1n) is 11.4. The quantitative estimate of drug-likeness (QED) is 0.355. The van der Waals surface area contributed by atoms with Gasteiger partial charge in [-0.05, 0) is 66.6 Å². The number of carbonyl (C=O) groups excluding carboxylic acids is 1. The molecule has 0 aliphatic heterocycles. The third-order valence-corrected chi connectivity index (χ3v) is 6.99. The summed E-state index contributed by atoms with van der Waals surface area (Å²) in [6, 6.07) is 14.9. The summed E-state index contributed by atoms with van der Waals surface area (Å²) in [4.78, 5) is 16.5. The summed E-state index contributed by atoms with van der Waals surface area (Å²) in [6.07, 6.45) is 5.69. The molecule has 0 atom stereocenters. The van der Waals surface area contributed by atoms with E-state index in [0.717, 1.165) is 5.56 Å². The summed E-state index contributed by atoms with van der Waals surface area (Å²) in [7, 11) is -2.10. The zero-order valence-electron chi connectivity index (χ0n) is 20.0. The maximum absolute atomic E-state index is 13.3. The Morgan fingerprint density at radius 3 is 2.62 bits per heavy atom. The molecule has 0 bridgehead atoms. The zero-order chi connectivity index (χ0) is 26.3. The van der Waals surface area contributed by atoms with Gasteiger partial charge >= 0.3 is 6.03 Å². The van der Waals surface area contributed by atoms with Gasteiger partial charge in [0, 0.05) is 51.9 Å². The summed E-state index contributed by atoms with van der Waals surface area (Å²) >= 11 is 0. The second kappa shape index (κ2) is 11.5. The third-order valence-electron chi connectivity index (χ3n) is 5.29. The van der Waals surface area contributed by atoms with E-state index in [1.807, 2.05) is 12.1 Å². The summed E-state index contributed by atoms with van der Waals surface area (Å²) < 4.78 is 41.2. The van der Waals surface area contributed by atoms with E-state index in [1.165, 1.54) is 47.1 Å². The highest BCUT2D eigenvalue weighted by molar-refractivity contribution is 7.90. The van der Waals surface area contributed by atoms with E-state index in [1.54, 1.807) is 31.7 Å². The van der Waals surface area contributed by atoms with Gasteiger partial charge in [-0.3, -0.25) is 9.67 Å². The van der Waals surface area contributed by atoms with Crippen LogP contribution in [0.1, 0.15) is 25.2 Å². The van der Waals surface area contributed by atoms with Gasteiger partial charge in [-0.1, -0.05) is 17.9 Å². The van der Waals surface area contributed by atoms with Crippen LogP contribution in [0.3, 0.4) is 0 Å². The van der Waals surface area contributed by atoms with E-state index in [2.05, 4.69) is 32.6 Å². The fraction of sp³-hybridized carbons (Fsp3) is 0.148. The Hall–Kier alpha value is -4.49. The maximum atomic E-state index is 13.3. The third kappa shape index (κ3) is 7.25. The van der Waals surface area contributed by atoms with Crippen LogP contribution in [0.25, 0.3) is 0 Å². The number of carbonyl (C=O) groups is 1. The number of benzene rings is 2. The molecule has 0 unspecified atom stereocenters. The average molecular weight is 522 g/mol. The molecule has 0 aliphatic carbocycles. The fourth-order valence-corrected chi connectivity index (χ4v) is 4.92. The molecule has 0 aliphatic rings. The van der Waals surface area contributed by atoms with Crippen molar-refractivity contribution in [2.75, 3.05) is 11.9 Å². The van der Waals surface area contributed by atoms with Crippen LogP contribution in [0.15, 0.2) is 84.1 Å². The smallest absolute Gasteiger partial charge is 0.319 e. The van der Waals surface area contributed by atoms with Crippen LogP contribution in [0.5, 0.6) is 0 Å². The second-order valence-electron chi connectivity index (χ2n) is 8.20. The Morgan fingerprint density at radius 1 is 1.11 bits per heavy atom. The largest absolute Gasteiger partial charge is 0.338 e. The lowest BCUT2D eigenvalue weighted by Gasteiger charge is -2.11. The molecule has 4 rings (SSSR count). The molecule has 2 aromatic heterocycles. The average Bonchev–Trinajstić information content (AvgIpc) is 3.28. The van der Waals surface area contributed by atoms with E-state index < -0.39 is 21.7 Å². The Labute approximate surface area is 217 Å². The minimum atomic E-state index is -3.80. The highest BCUT2D eigenvalue weighted by Crippen LogP contribution is 2.23. The number of sulfone groups is 1. The molecule has 2 aromatic carbocycles. The molecule has 10 heteroatoms. The van der Waals surface area contributed by atoms with Crippen LogP contribution < -0.4 is 10.6 Å². The maximum Gasteiger partial charge on any atom is 0.319 e. The van der Waals surface area contributed by atoms with Gasteiger partial charge in [0.1, 0.15) is 5.82 Å². The number of pyridine rings is 1. The number of anilines is 1. The molecule has 2 N–H and O–H groups in total. The molecule has 4 aromatic rings. The number of amides is 2. The summed E-state index contributed by atoms with van der Waals surface area (Å²) in [6.45, 7) is 0.394. The highest BCUT2D eigenvalue weighted by Gasteiger charge is 2.21. The zero-order valence-corrected chi connectivity index (χ0v) is 20.8. The van der Waals surface area contributed by atoms with E-state index in [9.17, 15) is 17.6 Å². The molecule has 0 radical (unpaired) electrons. The number of urea groups is 1. The Balaban J connectivity index is 0.00000267. The first kappa shape index (κ1) is 25.6. The van der Waals surface area contributed by atoms with Gasteiger partial charge in [0.05, 0.1) is 16.3 Å². The first-order valence-corrected chi connectivity index (χ1v) is 13.0. The number of halogens is 1. The highest BCUT2D eigenvalue weighted by atomic mass is 32.2. The van der Waals surface area contributed by atoms with Crippen molar-refractivity contribution in [2.45, 2.75) is 17.1 Å². The molecule has 0 saturated carbocycles. The second-order valence-corrected chi connectivity index (χ2v) is 10.2. The van der Waals surface area contributed by atoms with Gasteiger partial charge in [-0.25, -0.2) is 17.6 Å². The van der Waals surface area contributed by atoms with Crippen LogP contribution >= 0.6 is 0 Å². The van der Waals surface area contributed by atoms with Crippen LogP contribution in [0.2, 0.25) is 0 Å². The molecular weight excluding hydrogens is 493 g/mol. The number of aryl methyl sites for hydroxylation is 1. The molecule has 2 amide bonds. The number of aromatic nitrogens is 3. The molecule has 2 heterocycles. The molecule has 0 saturated heterocycles. The standard InChI is InChI=1S/C27H24FN5O3S.2H2/c1-33-16-13-25(32-33)19-37(35,36)26-11-10-24(17-22(26)7-4-20-5-8-23(28)9-6-20)31-27(34)30-15-12-21-3-2-14-29-18-21;;/h2-3,5-6,8-11,13-14,16-18H,12,15,19H2,1H3,(H2,30,31,34);2*1H. The molecule has 192 valence electrons.